The molecule has 2 rings (SSSR count). The highest BCUT2D eigenvalue weighted by atomic mass is 16.1. The number of hydrogen-bond donors (Lipinski definition) is 1. The Morgan fingerprint density at radius 2 is 2.00 bits per heavy atom. The van der Waals surface area contributed by atoms with Crippen molar-refractivity contribution in [3.05, 3.63) is 23.4 Å². The second kappa shape index (κ2) is 3.17. The molecule has 1 N–H and O–H groups in total. The van der Waals surface area contributed by atoms with Crippen LogP contribution in [0.1, 0.15) is 25.7 Å². The number of carbonyl (C=O) groups is 2. The topological polar surface area (TPSA) is 46.2 Å². The van der Waals surface area contributed by atoms with Crippen LogP contribution in [0.5, 0.6) is 0 Å². The van der Waals surface area contributed by atoms with Crippen LogP contribution in [-0.2, 0) is 9.59 Å². The summed E-state index contributed by atoms with van der Waals surface area (Å²) in [5, 5.41) is 2.80. The van der Waals surface area contributed by atoms with Crippen LogP contribution < -0.4 is 5.32 Å². The van der Waals surface area contributed by atoms with E-state index in [2.05, 4.69) is 5.32 Å². The quantitative estimate of drug-likeness (QED) is 0.601. The zero-order valence-corrected chi connectivity index (χ0v) is 7.30. The highest BCUT2D eigenvalue weighted by Crippen LogP contribution is 2.22. The smallest absolute Gasteiger partial charge is 0.224 e. The Bertz CT molecular complexity index is 326. The Labute approximate surface area is 76.5 Å². The first-order valence-electron chi connectivity index (χ1n) is 4.48. The molecular formula is C10H11NO2. The van der Waals surface area contributed by atoms with Crippen LogP contribution in [0.4, 0.5) is 0 Å². The van der Waals surface area contributed by atoms with Gasteiger partial charge >= 0.3 is 0 Å². The Morgan fingerprint density at radius 3 is 2.85 bits per heavy atom. The summed E-state index contributed by atoms with van der Waals surface area (Å²) in [4.78, 5) is 22.2. The molecule has 0 atom stereocenters. The average Bonchev–Trinajstić information content (AvgIpc) is 2.25. The van der Waals surface area contributed by atoms with E-state index in [1.165, 1.54) is 6.08 Å². The van der Waals surface area contributed by atoms with E-state index in [9.17, 15) is 9.59 Å². The van der Waals surface area contributed by atoms with Gasteiger partial charge in [0.2, 0.25) is 5.91 Å². The van der Waals surface area contributed by atoms with Crippen LogP contribution in [0.25, 0.3) is 0 Å². The zero-order chi connectivity index (χ0) is 9.26. The van der Waals surface area contributed by atoms with Gasteiger partial charge in [-0.05, 0) is 30.6 Å². The van der Waals surface area contributed by atoms with E-state index in [1.807, 2.05) is 0 Å². The molecule has 2 aliphatic rings. The van der Waals surface area contributed by atoms with Gasteiger partial charge in [-0.2, -0.15) is 0 Å². The maximum Gasteiger partial charge on any atom is 0.224 e. The lowest BCUT2D eigenvalue weighted by molar-refractivity contribution is -0.120. The molecule has 0 saturated carbocycles. The largest absolute Gasteiger partial charge is 0.326 e. The maximum absolute atomic E-state index is 11.2. The van der Waals surface area contributed by atoms with E-state index >= 15 is 0 Å². The first kappa shape index (κ1) is 8.23. The lowest BCUT2D eigenvalue weighted by Gasteiger charge is -2.12. The molecule has 0 fully saturated rings. The molecule has 3 heteroatoms. The number of hydrogen-bond acceptors (Lipinski definition) is 2. The van der Waals surface area contributed by atoms with E-state index in [0.29, 0.717) is 12.8 Å². The molecule has 1 amide bonds. The van der Waals surface area contributed by atoms with E-state index in [0.717, 1.165) is 24.1 Å². The Hall–Kier alpha value is -1.38. The van der Waals surface area contributed by atoms with E-state index in [4.69, 9.17) is 0 Å². The summed E-state index contributed by atoms with van der Waals surface area (Å²) in [7, 11) is 0. The third kappa shape index (κ3) is 1.69. The molecule has 0 aromatic rings. The second-order valence-corrected chi connectivity index (χ2v) is 3.40. The van der Waals surface area contributed by atoms with Crippen molar-refractivity contribution in [1.29, 1.82) is 0 Å². The summed E-state index contributed by atoms with van der Waals surface area (Å²) in [6.07, 6.45) is 6.01. The number of allylic oxidation sites excluding steroid dienone is 3. The van der Waals surface area contributed by atoms with Crippen LogP contribution in [0.2, 0.25) is 0 Å². The Balaban J connectivity index is 2.26. The highest BCUT2D eigenvalue weighted by Gasteiger charge is 2.18. The summed E-state index contributed by atoms with van der Waals surface area (Å²) in [6, 6.07) is 0. The molecule has 0 bridgehead atoms. The number of nitrogens with one attached hydrogen (secondary N) is 1. The minimum absolute atomic E-state index is 0.0593. The van der Waals surface area contributed by atoms with Crippen molar-refractivity contribution in [3.8, 4) is 0 Å². The van der Waals surface area contributed by atoms with Gasteiger partial charge in [-0.15, -0.1) is 0 Å². The number of ketones is 1. The van der Waals surface area contributed by atoms with E-state index < -0.39 is 0 Å². The maximum atomic E-state index is 11.2. The predicted octanol–water partition coefficient (Wildman–Crippen LogP) is 1.07. The van der Waals surface area contributed by atoms with Gasteiger partial charge in [-0.1, -0.05) is 0 Å². The molecule has 3 nitrogen and oxygen atoms in total. The van der Waals surface area contributed by atoms with Gasteiger partial charge in [0.05, 0.1) is 0 Å². The number of amides is 1. The van der Waals surface area contributed by atoms with Gasteiger partial charge in [-0.3, -0.25) is 9.59 Å². The molecule has 1 aliphatic carbocycles. The van der Waals surface area contributed by atoms with Gasteiger partial charge in [-0.25, -0.2) is 0 Å². The standard InChI is InChI=1S/C10H11NO2/c12-8-4-5-9-7(6-8)2-1-3-10(13)11-9/h4-5H,1-3,6H2,(H,11,13). The van der Waals surface area contributed by atoms with Crippen LogP contribution in [0.15, 0.2) is 23.4 Å². The van der Waals surface area contributed by atoms with Crippen LogP contribution in [-0.4, -0.2) is 11.7 Å². The molecule has 0 spiro atoms. The first-order valence-corrected chi connectivity index (χ1v) is 4.48. The van der Waals surface area contributed by atoms with Crippen molar-refractivity contribution in [2.24, 2.45) is 0 Å². The van der Waals surface area contributed by atoms with Crippen molar-refractivity contribution >= 4 is 11.7 Å². The molecule has 1 aliphatic heterocycles. The lowest BCUT2D eigenvalue weighted by Crippen LogP contribution is -2.22. The summed E-state index contributed by atoms with van der Waals surface area (Å²) < 4.78 is 0. The Kier molecular flexibility index (Phi) is 2.00. The number of rotatable bonds is 0. The molecule has 0 radical (unpaired) electrons. The van der Waals surface area contributed by atoms with E-state index in [-0.39, 0.29) is 11.7 Å². The minimum Gasteiger partial charge on any atom is -0.326 e. The summed E-state index contributed by atoms with van der Waals surface area (Å²) >= 11 is 0. The van der Waals surface area contributed by atoms with Crippen molar-refractivity contribution in [3.63, 3.8) is 0 Å². The SMILES string of the molecule is O=C1C=CC2=C(CCCC(=O)N2)C1. The Morgan fingerprint density at radius 1 is 1.15 bits per heavy atom. The number of carbonyl (C=O) groups excluding carboxylic acids is 2. The summed E-state index contributed by atoms with van der Waals surface area (Å²) in [5.74, 6) is 0.193. The molecular weight excluding hydrogens is 166 g/mol. The van der Waals surface area contributed by atoms with Gasteiger partial charge in [0, 0.05) is 18.5 Å². The summed E-state index contributed by atoms with van der Waals surface area (Å²) in [5.41, 5.74) is 1.93. The summed E-state index contributed by atoms with van der Waals surface area (Å²) in [6.45, 7) is 0. The highest BCUT2D eigenvalue weighted by molar-refractivity contribution is 5.94. The fourth-order valence-corrected chi connectivity index (χ4v) is 1.69. The zero-order valence-electron chi connectivity index (χ0n) is 7.30. The molecule has 1 heterocycles. The predicted molar refractivity (Wildman–Crippen MR) is 47.8 cm³/mol. The van der Waals surface area contributed by atoms with Gasteiger partial charge < -0.3 is 5.32 Å². The fourth-order valence-electron chi connectivity index (χ4n) is 1.69. The van der Waals surface area contributed by atoms with Crippen molar-refractivity contribution < 1.29 is 9.59 Å². The molecule has 0 aromatic carbocycles. The molecule has 0 unspecified atom stereocenters. The van der Waals surface area contributed by atoms with E-state index in [1.54, 1.807) is 6.08 Å². The minimum atomic E-state index is 0.0593. The van der Waals surface area contributed by atoms with Crippen LogP contribution in [0.3, 0.4) is 0 Å². The third-order valence-electron chi connectivity index (χ3n) is 2.36. The van der Waals surface area contributed by atoms with Crippen molar-refractivity contribution in [2.45, 2.75) is 25.7 Å². The van der Waals surface area contributed by atoms with Gasteiger partial charge in [0.25, 0.3) is 0 Å². The fraction of sp³-hybridized carbons (Fsp3) is 0.400. The van der Waals surface area contributed by atoms with Crippen molar-refractivity contribution in [1.82, 2.24) is 5.32 Å². The monoisotopic (exact) mass is 177 g/mol. The van der Waals surface area contributed by atoms with Gasteiger partial charge in [0.1, 0.15) is 0 Å². The molecule has 13 heavy (non-hydrogen) atoms. The second-order valence-electron chi connectivity index (χ2n) is 3.40. The molecule has 68 valence electrons. The lowest BCUT2D eigenvalue weighted by atomic mass is 9.98. The normalized spacial score (nSPS) is 22.5. The molecule has 0 saturated heterocycles. The first-order chi connectivity index (χ1) is 6.25. The van der Waals surface area contributed by atoms with Gasteiger partial charge in [0.15, 0.2) is 5.78 Å². The van der Waals surface area contributed by atoms with Crippen LogP contribution in [0, 0.1) is 0 Å². The third-order valence-corrected chi connectivity index (χ3v) is 2.36. The molecule has 0 aromatic heterocycles. The average molecular weight is 177 g/mol. The van der Waals surface area contributed by atoms with Crippen molar-refractivity contribution in [2.75, 3.05) is 0 Å². The van der Waals surface area contributed by atoms with Crippen LogP contribution >= 0.6 is 0 Å².